The molecular weight excluding hydrogens is 456 g/mol. The number of fused-ring (bicyclic) bond motifs is 1. The first kappa shape index (κ1) is 20.3. The fourth-order valence-corrected chi connectivity index (χ4v) is 5.09. The molecule has 0 spiro atoms. The molecular formula is C20H23BrN4O3S. The number of nitrogens with one attached hydrogen (secondary N) is 1. The Morgan fingerprint density at radius 1 is 1.07 bits per heavy atom. The molecule has 0 radical (unpaired) electrons. The van der Waals surface area contributed by atoms with Crippen molar-refractivity contribution in [2.75, 3.05) is 40.4 Å². The number of rotatable bonds is 6. The van der Waals surface area contributed by atoms with Crippen LogP contribution in [0.15, 0.2) is 32.8 Å². The molecule has 2 aromatic heterocycles. The average molecular weight is 479 g/mol. The fraction of sp³-hybridized carbons (Fsp3) is 0.400. The number of hydrogen-bond donors (Lipinski definition) is 1. The predicted molar refractivity (Wildman–Crippen MR) is 118 cm³/mol. The van der Waals surface area contributed by atoms with Crippen molar-refractivity contribution in [3.05, 3.63) is 49.1 Å². The van der Waals surface area contributed by atoms with Crippen LogP contribution in [-0.2, 0) is 13.1 Å². The van der Waals surface area contributed by atoms with Gasteiger partial charge in [-0.3, -0.25) is 14.6 Å². The van der Waals surface area contributed by atoms with Gasteiger partial charge in [0, 0.05) is 43.7 Å². The average Bonchev–Trinajstić information content (AvgIpc) is 3.13. The lowest BCUT2D eigenvalue weighted by molar-refractivity contribution is 0.120. The minimum atomic E-state index is -0.159. The van der Waals surface area contributed by atoms with Crippen LogP contribution in [0.4, 0.5) is 0 Å². The second kappa shape index (κ2) is 8.83. The highest BCUT2D eigenvalue weighted by atomic mass is 79.9. The van der Waals surface area contributed by atoms with Gasteiger partial charge in [0.05, 0.1) is 35.5 Å². The van der Waals surface area contributed by atoms with E-state index in [0.717, 1.165) is 32.7 Å². The Balaban J connectivity index is 1.43. The highest BCUT2D eigenvalue weighted by Crippen LogP contribution is 2.30. The molecule has 1 N–H and O–H groups in total. The van der Waals surface area contributed by atoms with E-state index in [1.807, 2.05) is 0 Å². The second-order valence-electron chi connectivity index (χ2n) is 7.00. The quantitative estimate of drug-likeness (QED) is 0.586. The van der Waals surface area contributed by atoms with Gasteiger partial charge in [0.2, 0.25) is 0 Å². The zero-order valence-corrected chi connectivity index (χ0v) is 18.8. The van der Waals surface area contributed by atoms with Crippen molar-refractivity contribution >= 4 is 38.2 Å². The summed E-state index contributed by atoms with van der Waals surface area (Å²) in [6.45, 7) is 5.49. The van der Waals surface area contributed by atoms with Crippen molar-refractivity contribution in [3.63, 3.8) is 0 Å². The van der Waals surface area contributed by atoms with Crippen LogP contribution >= 0.6 is 27.3 Å². The third-order valence-electron chi connectivity index (χ3n) is 5.11. The Morgan fingerprint density at radius 2 is 1.72 bits per heavy atom. The third-order valence-corrected chi connectivity index (χ3v) is 6.71. The lowest BCUT2D eigenvalue weighted by atomic mass is 10.2. The first-order valence-electron chi connectivity index (χ1n) is 9.39. The summed E-state index contributed by atoms with van der Waals surface area (Å²) in [7, 11) is 3.13. The van der Waals surface area contributed by atoms with Gasteiger partial charge in [0.25, 0.3) is 5.56 Å². The van der Waals surface area contributed by atoms with Crippen LogP contribution < -0.4 is 15.0 Å². The Kier molecular flexibility index (Phi) is 6.19. The molecule has 0 saturated carbocycles. The smallest absolute Gasteiger partial charge is 0.258 e. The third kappa shape index (κ3) is 4.63. The summed E-state index contributed by atoms with van der Waals surface area (Å²) in [5.41, 5.74) is 0.455. The van der Waals surface area contributed by atoms with E-state index in [-0.39, 0.29) is 5.56 Å². The van der Waals surface area contributed by atoms with Gasteiger partial charge in [-0.15, -0.1) is 11.3 Å². The molecule has 3 heterocycles. The van der Waals surface area contributed by atoms with Crippen molar-refractivity contribution in [2.45, 2.75) is 13.1 Å². The van der Waals surface area contributed by atoms with Crippen LogP contribution in [-0.4, -0.2) is 60.2 Å². The number of ether oxygens (including phenoxy) is 2. The monoisotopic (exact) mass is 478 g/mol. The molecule has 0 bridgehead atoms. The number of thiophene rings is 1. The highest BCUT2D eigenvalue weighted by molar-refractivity contribution is 9.11. The molecule has 4 rings (SSSR count). The van der Waals surface area contributed by atoms with E-state index in [9.17, 15) is 4.79 Å². The molecule has 0 atom stereocenters. The zero-order chi connectivity index (χ0) is 20.4. The maximum absolute atomic E-state index is 12.5. The van der Waals surface area contributed by atoms with Crippen LogP contribution in [0.1, 0.15) is 10.7 Å². The molecule has 3 aromatic rings. The Hall–Kier alpha value is -1.94. The zero-order valence-electron chi connectivity index (χ0n) is 16.4. The molecule has 1 aliphatic rings. The van der Waals surface area contributed by atoms with Crippen LogP contribution in [0.3, 0.4) is 0 Å². The van der Waals surface area contributed by atoms with E-state index in [4.69, 9.17) is 9.47 Å². The number of hydrogen-bond acceptors (Lipinski definition) is 7. The van der Waals surface area contributed by atoms with Crippen LogP contribution in [0.5, 0.6) is 11.5 Å². The standard InChI is InChI=1S/C20H23BrN4O3S/c1-27-16-9-14-15(10-17(16)28-2)22-19(23-20(14)26)12-25-7-5-24(6-8-25)11-13-3-4-18(21)29-13/h3-4,9-10H,5-8,11-12H2,1-2H3,(H,22,23,26). The minimum Gasteiger partial charge on any atom is -0.493 e. The van der Waals surface area contributed by atoms with E-state index in [1.54, 1.807) is 37.7 Å². The van der Waals surface area contributed by atoms with E-state index < -0.39 is 0 Å². The molecule has 1 fully saturated rings. The molecule has 29 heavy (non-hydrogen) atoms. The molecule has 1 saturated heterocycles. The number of nitrogens with zero attached hydrogens (tertiary/aromatic N) is 3. The Morgan fingerprint density at radius 3 is 2.34 bits per heavy atom. The molecule has 9 heteroatoms. The van der Waals surface area contributed by atoms with Gasteiger partial charge in [-0.2, -0.15) is 0 Å². The fourth-order valence-electron chi connectivity index (χ4n) is 3.56. The van der Waals surface area contributed by atoms with Crippen LogP contribution in [0.2, 0.25) is 0 Å². The number of methoxy groups -OCH3 is 2. The Labute approximate surface area is 181 Å². The highest BCUT2D eigenvalue weighted by Gasteiger charge is 2.19. The molecule has 0 amide bonds. The lowest BCUT2D eigenvalue weighted by Gasteiger charge is -2.34. The first-order valence-corrected chi connectivity index (χ1v) is 11.0. The number of H-pyrrole nitrogens is 1. The van der Waals surface area contributed by atoms with Crippen molar-refractivity contribution in [1.29, 1.82) is 0 Å². The van der Waals surface area contributed by atoms with E-state index in [1.165, 1.54) is 8.66 Å². The maximum atomic E-state index is 12.5. The number of piperazine rings is 1. The van der Waals surface area contributed by atoms with Gasteiger partial charge in [0.15, 0.2) is 11.5 Å². The largest absolute Gasteiger partial charge is 0.493 e. The molecule has 0 unspecified atom stereocenters. The number of aromatic nitrogens is 2. The van der Waals surface area contributed by atoms with E-state index in [2.05, 4.69) is 47.8 Å². The summed E-state index contributed by atoms with van der Waals surface area (Å²) >= 11 is 5.31. The van der Waals surface area contributed by atoms with Crippen molar-refractivity contribution in [2.24, 2.45) is 0 Å². The molecule has 1 aromatic carbocycles. The summed E-state index contributed by atoms with van der Waals surface area (Å²) in [6, 6.07) is 7.70. The summed E-state index contributed by atoms with van der Waals surface area (Å²) in [4.78, 5) is 26.3. The molecule has 7 nitrogen and oxygen atoms in total. The topological polar surface area (TPSA) is 70.7 Å². The normalized spacial score (nSPS) is 15.7. The maximum Gasteiger partial charge on any atom is 0.258 e. The van der Waals surface area contributed by atoms with E-state index >= 15 is 0 Å². The predicted octanol–water partition coefficient (Wildman–Crippen LogP) is 3.08. The van der Waals surface area contributed by atoms with Gasteiger partial charge in [-0.05, 0) is 34.1 Å². The van der Waals surface area contributed by atoms with Crippen LogP contribution in [0.25, 0.3) is 10.9 Å². The summed E-state index contributed by atoms with van der Waals surface area (Å²) in [6.07, 6.45) is 0. The summed E-state index contributed by atoms with van der Waals surface area (Å²) in [5, 5.41) is 0.498. The SMILES string of the molecule is COc1cc2nc(CN3CCN(Cc4ccc(Br)s4)CC3)[nH]c(=O)c2cc1OC. The lowest BCUT2D eigenvalue weighted by Crippen LogP contribution is -2.45. The van der Waals surface area contributed by atoms with Crippen molar-refractivity contribution in [1.82, 2.24) is 19.8 Å². The Bertz CT molecular complexity index is 1060. The number of benzene rings is 1. The van der Waals surface area contributed by atoms with E-state index in [0.29, 0.717) is 34.8 Å². The molecule has 0 aliphatic carbocycles. The first-order chi connectivity index (χ1) is 14.1. The number of halogens is 1. The van der Waals surface area contributed by atoms with Gasteiger partial charge in [-0.25, -0.2) is 4.98 Å². The van der Waals surface area contributed by atoms with Gasteiger partial charge in [-0.1, -0.05) is 0 Å². The number of aromatic amines is 1. The van der Waals surface area contributed by atoms with Gasteiger partial charge in [0.1, 0.15) is 5.82 Å². The van der Waals surface area contributed by atoms with Gasteiger partial charge >= 0.3 is 0 Å². The molecule has 154 valence electrons. The molecule has 1 aliphatic heterocycles. The van der Waals surface area contributed by atoms with Crippen molar-refractivity contribution in [3.8, 4) is 11.5 Å². The van der Waals surface area contributed by atoms with Crippen LogP contribution in [0, 0.1) is 0 Å². The van der Waals surface area contributed by atoms with Crippen molar-refractivity contribution < 1.29 is 9.47 Å². The summed E-state index contributed by atoms with van der Waals surface area (Å²) in [5.74, 6) is 1.76. The van der Waals surface area contributed by atoms with Gasteiger partial charge < -0.3 is 14.5 Å². The summed E-state index contributed by atoms with van der Waals surface area (Å²) < 4.78 is 11.8. The second-order valence-corrected chi connectivity index (χ2v) is 9.54. The minimum absolute atomic E-state index is 0.159.